The average molecular weight is 978 g/mol. The molecule has 0 aromatic heterocycles. The van der Waals surface area contributed by atoms with Gasteiger partial charge in [-0.1, -0.05) is 288 Å². The van der Waals surface area contributed by atoms with Crippen molar-refractivity contribution in [2.24, 2.45) is 5.92 Å². The molecule has 0 bridgehead atoms. The summed E-state index contributed by atoms with van der Waals surface area (Å²) in [6, 6.07) is 0. The first-order chi connectivity index (χ1) is 33.9. The molecule has 0 saturated carbocycles. The number of rotatable bonds is 47. The Kier molecular flexibility index (Phi) is 67.6. The van der Waals surface area contributed by atoms with Crippen molar-refractivity contribution in [3.8, 4) is 0 Å². The van der Waals surface area contributed by atoms with Crippen LogP contribution < -0.4 is 21.1 Å². The smallest absolute Gasteiger partial charge is 0.290 e. The number of ether oxygens (including phenoxy) is 1. The molecule has 69 heavy (non-hydrogen) atoms. The van der Waals surface area contributed by atoms with Crippen molar-refractivity contribution in [3.05, 3.63) is 32.8 Å². The summed E-state index contributed by atoms with van der Waals surface area (Å²) in [5, 5.41) is 10.2. The van der Waals surface area contributed by atoms with E-state index in [9.17, 15) is 9.59 Å². The SMILES string of the molecule is CC.CC.CC/C=C/OC(CCC)CCCCCCCC.CCCCCCCCC(CCCCCCCC)CCCCCCCN(CCCCCCCC)c1c(NCCCCC)c(=O)c1=O.O=CO. The van der Waals surface area contributed by atoms with E-state index in [2.05, 4.69) is 64.8 Å². The molecule has 412 valence electrons. The molecule has 1 unspecified atom stereocenters. The van der Waals surface area contributed by atoms with Crippen LogP contribution in [0.15, 0.2) is 21.9 Å². The summed E-state index contributed by atoms with van der Waals surface area (Å²) in [6.45, 7) is 26.1. The molecule has 0 spiro atoms. The van der Waals surface area contributed by atoms with Crippen LogP contribution in [0.4, 0.5) is 11.4 Å². The van der Waals surface area contributed by atoms with Gasteiger partial charge in [-0.05, 0) is 50.9 Å². The van der Waals surface area contributed by atoms with Gasteiger partial charge < -0.3 is 20.1 Å². The molecule has 7 heteroatoms. The van der Waals surface area contributed by atoms with Crippen molar-refractivity contribution < 1.29 is 14.6 Å². The highest BCUT2D eigenvalue weighted by molar-refractivity contribution is 5.75. The predicted molar refractivity (Wildman–Crippen MR) is 311 cm³/mol. The molecule has 1 aromatic carbocycles. The molecule has 0 amide bonds. The standard InChI is InChI=1S/C41H78N2O2.C16H32O.2C2H6.CH2O2/c1-5-9-13-16-20-25-31-37(32-26-21-17-14-10-6-2)33-27-22-19-24-30-36-43(35-29-23-18-15-11-7-3)39-38(40(44)41(39)45)42-34-28-12-8-4;1-4-7-9-10-11-12-14-16(13-6-3)17-15-8-5-2;2*1-2;2-1-3/h37,42H,5-36H2,1-4H3;8,15-16H,4-7,9-14H2,1-3H3;2*1-2H3;1H,(H,2,3)/b;15-8+;;;. The monoisotopic (exact) mass is 977 g/mol. The van der Waals surface area contributed by atoms with Crippen molar-refractivity contribution in [2.45, 2.75) is 333 Å². The van der Waals surface area contributed by atoms with Gasteiger partial charge in [0.05, 0.1) is 12.4 Å². The fourth-order valence-electron chi connectivity index (χ4n) is 9.00. The zero-order chi connectivity index (χ0) is 52.3. The van der Waals surface area contributed by atoms with E-state index in [1.54, 1.807) is 0 Å². The summed E-state index contributed by atoms with van der Waals surface area (Å²) in [7, 11) is 0. The molecular weight excluding hydrogens is 853 g/mol. The first kappa shape index (κ1) is 73.2. The number of carboxylic acid groups (broad SMARTS) is 1. The Morgan fingerprint density at radius 3 is 1.19 bits per heavy atom. The normalized spacial score (nSPS) is 11.2. The molecule has 0 radical (unpaired) electrons. The van der Waals surface area contributed by atoms with Gasteiger partial charge in [-0.25, -0.2) is 0 Å². The van der Waals surface area contributed by atoms with Gasteiger partial charge in [0.15, 0.2) is 0 Å². The molecule has 0 heterocycles. The minimum Gasteiger partial charge on any atom is -0.498 e. The number of carbonyl (C=O) groups is 1. The van der Waals surface area contributed by atoms with Gasteiger partial charge >= 0.3 is 0 Å². The summed E-state index contributed by atoms with van der Waals surface area (Å²) in [6.07, 6.45) is 55.8. The minimum absolute atomic E-state index is 0.250. The number of hydrogen-bond donors (Lipinski definition) is 2. The fourth-order valence-corrected chi connectivity index (χ4v) is 9.00. The van der Waals surface area contributed by atoms with E-state index >= 15 is 0 Å². The summed E-state index contributed by atoms with van der Waals surface area (Å²) in [5.41, 5.74) is 0.729. The number of hydrogen-bond acceptors (Lipinski definition) is 6. The van der Waals surface area contributed by atoms with Crippen LogP contribution in [0.3, 0.4) is 0 Å². The fraction of sp³-hybridized carbons (Fsp3) is 0.887. The number of anilines is 2. The van der Waals surface area contributed by atoms with Gasteiger partial charge in [0.2, 0.25) is 0 Å². The second-order valence-corrected chi connectivity index (χ2v) is 19.3. The van der Waals surface area contributed by atoms with Gasteiger partial charge in [-0.15, -0.1) is 0 Å². The van der Waals surface area contributed by atoms with Crippen molar-refractivity contribution in [1.82, 2.24) is 0 Å². The molecule has 7 nitrogen and oxygen atoms in total. The van der Waals surface area contributed by atoms with Crippen molar-refractivity contribution in [3.63, 3.8) is 0 Å². The van der Waals surface area contributed by atoms with Crippen LogP contribution >= 0.6 is 0 Å². The minimum atomic E-state index is -0.300. The lowest BCUT2D eigenvalue weighted by Crippen LogP contribution is -2.43. The number of allylic oxidation sites excluding steroid dienone is 1. The second kappa shape index (κ2) is 63.7. The summed E-state index contributed by atoms with van der Waals surface area (Å²) < 4.78 is 5.77. The van der Waals surface area contributed by atoms with Gasteiger partial charge in [-0.2, -0.15) is 0 Å². The summed E-state index contributed by atoms with van der Waals surface area (Å²) in [4.78, 5) is 35.8. The molecule has 0 saturated heterocycles. The molecule has 1 atom stereocenters. The number of unbranched alkanes of at least 4 members (excludes halogenated alkanes) is 26. The third kappa shape index (κ3) is 49.1. The molecule has 0 fully saturated rings. The predicted octanol–water partition coefficient (Wildman–Crippen LogP) is 20.1. The summed E-state index contributed by atoms with van der Waals surface area (Å²) in [5.74, 6) is 0.938. The van der Waals surface area contributed by atoms with Gasteiger partial charge in [-0.3, -0.25) is 14.4 Å². The maximum Gasteiger partial charge on any atom is 0.290 e. The Hall–Kier alpha value is -2.31. The third-order valence-corrected chi connectivity index (χ3v) is 13.1. The zero-order valence-corrected chi connectivity index (χ0v) is 48.6. The Morgan fingerprint density at radius 2 is 0.812 bits per heavy atom. The maximum absolute atomic E-state index is 12.7. The van der Waals surface area contributed by atoms with Crippen LogP contribution in [0.2, 0.25) is 0 Å². The van der Waals surface area contributed by atoms with E-state index in [4.69, 9.17) is 14.6 Å². The van der Waals surface area contributed by atoms with Crippen molar-refractivity contribution >= 4 is 17.8 Å². The largest absolute Gasteiger partial charge is 0.498 e. The molecule has 0 aliphatic heterocycles. The van der Waals surface area contributed by atoms with Crippen LogP contribution in [0.25, 0.3) is 0 Å². The van der Waals surface area contributed by atoms with Crippen LogP contribution in [0.1, 0.15) is 327 Å². The van der Waals surface area contributed by atoms with Crippen LogP contribution in [0.5, 0.6) is 0 Å². The second-order valence-electron chi connectivity index (χ2n) is 19.3. The highest BCUT2D eigenvalue weighted by atomic mass is 16.5. The number of nitrogens with zero attached hydrogens (tertiary/aromatic N) is 1. The molecule has 0 aliphatic rings. The van der Waals surface area contributed by atoms with E-state index in [-0.39, 0.29) is 17.3 Å². The van der Waals surface area contributed by atoms with E-state index in [1.807, 2.05) is 34.0 Å². The summed E-state index contributed by atoms with van der Waals surface area (Å²) >= 11 is 0. The Morgan fingerprint density at radius 1 is 0.464 bits per heavy atom. The highest BCUT2D eigenvalue weighted by Gasteiger charge is 2.25. The quantitative estimate of drug-likeness (QED) is 0.0291. The Bertz CT molecular complexity index is 1180. The third-order valence-electron chi connectivity index (χ3n) is 13.1. The molecule has 2 N–H and O–H groups in total. The number of nitrogens with one attached hydrogen (secondary N) is 1. The average Bonchev–Trinajstić information content (AvgIpc) is 3.37. The van der Waals surface area contributed by atoms with Crippen LogP contribution in [-0.2, 0) is 9.53 Å². The Labute approximate surface area is 432 Å². The van der Waals surface area contributed by atoms with Crippen LogP contribution in [-0.4, -0.2) is 37.3 Å². The lowest BCUT2D eigenvalue weighted by atomic mass is 9.89. The molecule has 1 rings (SSSR count). The first-order valence-electron chi connectivity index (χ1n) is 30.6. The Balaban J connectivity index is -0.000000729. The zero-order valence-electron chi connectivity index (χ0n) is 48.6. The van der Waals surface area contributed by atoms with E-state index in [1.165, 1.54) is 212 Å². The maximum atomic E-state index is 12.7. The van der Waals surface area contributed by atoms with Gasteiger partial charge in [0.25, 0.3) is 17.3 Å². The first-order valence-corrected chi connectivity index (χ1v) is 30.6. The van der Waals surface area contributed by atoms with Crippen LogP contribution in [0, 0.1) is 5.92 Å². The van der Waals surface area contributed by atoms with Crippen molar-refractivity contribution in [1.29, 1.82) is 0 Å². The van der Waals surface area contributed by atoms with E-state index in [0.717, 1.165) is 64.1 Å². The lowest BCUT2D eigenvalue weighted by Gasteiger charge is -2.28. The topological polar surface area (TPSA) is 95.9 Å². The molecule has 0 aliphatic carbocycles. The lowest BCUT2D eigenvalue weighted by molar-refractivity contribution is -0.122. The molecular formula is C62H124N2O5. The van der Waals surface area contributed by atoms with E-state index in [0.29, 0.717) is 17.5 Å². The van der Waals surface area contributed by atoms with E-state index < -0.39 is 0 Å². The van der Waals surface area contributed by atoms with Crippen molar-refractivity contribution in [2.75, 3.05) is 29.9 Å². The van der Waals surface area contributed by atoms with Gasteiger partial charge in [0, 0.05) is 19.6 Å². The molecule has 1 aromatic rings. The van der Waals surface area contributed by atoms with Gasteiger partial charge in [0.1, 0.15) is 11.4 Å². The highest BCUT2D eigenvalue weighted by Crippen LogP contribution is 2.26.